The minimum atomic E-state index is -0.389. The van der Waals surface area contributed by atoms with Gasteiger partial charge >= 0.3 is 0 Å². The zero-order chi connectivity index (χ0) is 15.9. The fraction of sp³-hybridized carbons (Fsp3) is 0.125. The van der Waals surface area contributed by atoms with E-state index in [-0.39, 0.29) is 16.8 Å². The molecule has 0 saturated heterocycles. The number of thiocarbonyl (C=S) groups is 1. The Morgan fingerprint density at radius 1 is 1.41 bits per heavy atom. The average molecular weight is 316 g/mol. The van der Waals surface area contributed by atoms with Crippen molar-refractivity contribution < 1.29 is 14.3 Å². The standard InChI is InChI=1S/C16H16N2O3S/c1-2-11-5-7-14(19)13(10-11)17-16(22)18-15(20)8-6-12-4-3-9-21-12/h3-10,19H,2H2,1H3,(H2,17,18,20,22). The predicted molar refractivity (Wildman–Crippen MR) is 89.6 cm³/mol. The van der Waals surface area contributed by atoms with Crippen molar-refractivity contribution in [2.45, 2.75) is 13.3 Å². The van der Waals surface area contributed by atoms with Gasteiger partial charge in [-0.2, -0.15) is 0 Å². The fourth-order valence-electron chi connectivity index (χ4n) is 1.75. The molecule has 2 aromatic rings. The molecule has 0 fully saturated rings. The Morgan fingerprint density at radius 2 is 2.23 bits per heavy atom. The van der Waals surface area contributed by atoms with Crippen LogP contribution in [-0.2, 0) is 11.2 Å². The minimum absolute atomic E-state index is 0.0694. The summed E-state index contributed by atoms with van der Waals surface area (Å²) in [5.74, 6) is 0.252. The Labute approximate surface area is 133 Å². The summed E-state index contributed by atoms with van der Waals surface area (Å²) in [4.78, 5) is 11.7. The summed E-state index contributed by atoms with van der Waals surface area (Å²) in [6.07, 6.45) is 5.20. The van der Waals surface area contributed by atoms with Crippen LogP contribution < -0.4 is 10.6 Å². The Balaban J connectivity index is 1.94. The lowest BCUT2D eigenvalue weighted by molar-refractivity contribution is -0.115. The third-order valence-electron chi connectivity index (χ3n) is 2.90. The first kappa shape index (κ1) is 15.8. The van der Waals surface area contributed by atoms with Crippen LogP contribution in [0.1, 0.15) is 18.2 Å². The molecular formula is C16H16N2O3S. The molecule has 6 heteroatoms. The minimum Gasteiger partial charge on any atom is -0.506 e. The number of benzene rings is 1. The van der Waals surface area contributed by atoms with Crippen molar-refractivity contribution in [1.29, 1.82) is 0 Å². The molecule has 2 rings (SSSR count). The molecule has 0 aliphatic carbocycles. The molecule has 0 aliphatic rings. The second-order valence-corrected chi connectivity index (χ2v) is 4.91. The molecule has 0 unspecified atom stereocenters. The summed E-state index contributed by atoms with van der Waals surface area (Å²) < 4.78 is 5.08. The van der Waals surface area contributed by atoms with Gasteiger partial charge in [0.25, 0.3) is 0 Å². The van der Waals surface area contributed by atoms with Gasteiger partial charge in [0.2, 0.25) is 5.91 Å². The van der Waals surface area contributed by atoms with Crippen molar-refractivity contribution in [2.24, 2.45) is 0 Å². The van der Waals surface area contributed by atoms with Crippen LogP contribution in [-0.4, -0.2) is 16.1 Å². The summed E-state index contributed by atoms with van der Waals surface area (Å²) in [6.45, 7) is 2.01. The number of furan rings is 1. The van der Waals surface area contributed by atoms with Crippen molar-refractivity contribution in [2.75, 3.05) is 5.32 Å². The molecule has 0 aliphatic heterocycles. The topological polar surface area (TPSA) is 74.5 Å². The van der Waals surface area contributed by atoms with E-state index >= 15 is 0 Å². The van der Waals surface area contributed by atoms with Crippen LogP contribution >= 0.6 is 12.2 Å². The maximum Gasteiger partial charge on any atom is 0.250 e. The fourth-order valence-corrected chi connectivity index (χ4v) is 1.96. The summed E-state index contributed by atoms with van der Waals surface area (Å²) in [6, 6.07) is 8.66. The number of carbonyl (C=O) groups is 1. The van der Waals surface area contributed by atoms with Crippen molar-refractivity contribution in [3.8, 4) is 5.75 Å². The summed E-state index contributed by atoms with van der Waals surface area (Å²) in [7, 11) is 0. The first-order chi connectivity index (χ1) is 10.6. The van der Waals surface area contributed by atoms with Crippen molar-refractivity contribution >= 4 is 35.0 Å². The maximum atomic E-state index is 11.7. The number of anilines is 1. The Hall–Kier alpha value is -2.60. The number of phenols is 1. The molecule has 0 radical (unpaired) electrons. The zero-order valence-electron chi connectivity index (χ0n) is 12.0. The predicted octanol–water partition coefficient (Wildman–Crippen LogP) is 3.07. The largest absolute Gasteiger partial charge is 0.506 e. The highest BCUT2D eigenvalue weighted by Gasteiger charge is 2.06. The molecular weight excluding hydrogens is 300 g/mol. The van der Waals surface area contributed by atoms with E-state index in [1.54, 1.807) is 24.3 Å². The molecule has 1 aromatic carbocycles. The van der Waals surface area contributed by atoms with Crippen LogP contribution in [0.5, 0.6) is 5.75 Å². The second kappa shape index (κ2) is 7.42. The highest BCUT2D eigenvalue weighted by atomic mass is 32.1. The number of nitrogens with one attached hydrogen (secondary N) is 2. The third-order valence-corrected chi connectivity index (χ3v) is 3.10. The van der Waals surface area contributed by atoms with Gasteiger partial charge in [0.05, 0.1) is 12.0 Å². The maximum absolute atomic E-state index is 11.7. The Morgan fingerprint density at radius 3 is 2.91 bits per heavy atom. The normalized spacial score (nSPS) is 10.6. The summed E-state index contributed by atoms with van der Waals surface area (Å²) >= 11 is 5.05. The molecule has 1 aromatic heterocycles. The van der Waals surface area contributed by atoms with Gasteiger partial charge in [-0.05, 0) is 54.5 Å². The molecule has 0 spiro atoms. The van der Waals surface area contributed by atoms with E-state index in [1.807, 2.05) is 13.0 Å². The third kappa shape index (κ3) is 4.46. The lowest BCUT2D eigenvalue weighted by atomic mass is 10.1. The molecule has 3 N–H and O–H groups in total. The second-order valence-electron chi connectivity index (χ2n) is 4.50. The molecule has 0 atom stereocenters. The molecule has 5 nitrogen and oxygen atoms in total. The number of hydrogen-bond donors (Lipinski definition) is 3. The zero-order valence-corrected chi connectivity index (χ0v) is 12.8. The van der Waals surface area contributed by atoms with Gasteiger partial charge in [-0.15, -0.1) is 0 Å². The first-order valence-corrected chi connectivity index (χ1v) is 7.14. The molecule has 114 valence electrons. The monoisotopic (exact) mass is 316 g/mol. The lowest BCUT2D eigenvalue weighted by Crippen LogP contribution is -2.32. The smallest absolute Gasteiger partial charge is 0.250 e. The van der Waals surface area contributed by atoms with E-state index in [9.17, 15) is 9.90 Å². The number of carbonyl (C=O) groups excluding carboxylic acids is 1. The number of aromatic hydroxyl groups is 1. The van der Waals surface area contributed by atoms with Crippen molar-refractivity contribution in [3.63, 3.8) is 0 Å². The van der Waals surface area contributed by atoms with Gasteiger partial charge in [-0.1, -0.05) is 13.0 Å². The highest BCUT2D eigenvalue weighted by Crippen LogP contribution is 2.24. The van der Waals surface area contributed by atoms with E-state index in [2.05, 4.69) is 10.6 Å². The number of hydrogen-bond acceptors (Lipinski definition) is 4. The van der Waals surface area contributed by atoms with Crippen LogP contribution in [0.3, 0.4) is 0 Å². The van der Waals surface area contributed by atoms with Crippen LogP contribution in [0.15, 0.2) is 47.1 Å². The van der Waals surface area contributed by atoms with Gasteiger partial charge in [-0.25, -0.2) is 0 Å². The molecule has 0 bridgehead atoms. The van der Waals surface area contributed by atoms with E-state index in [1.165, 1.54) is 18.4 Å². The molecule has 1 amide bonds. The van der Waals surface area contributed by atoms with Crippen molar-refractivity contribution in [3.05, 3.63) is 54.0 Å². The van der Waals surface area contributed by atoms with Crippen LogP contribution in [0.25, 0.3) is 6.08 Å². The summed E-state index contributed by atoms with van der Waals surface area (Å²) in [5.41, 5.74) is 1.51. The van der Waals surface area contributed by atoms with E-state index < -0.39 is 0 Å². The Kier molecular flexibility index (Phi) is 5.32. The number of phenolic OH excluding ortho intramolecular Hbond substituents is 1. The summed E-state index contributed by atoms with van der Waals surface area (Å²) in [5, 5.41) is 15.2. The number of amides is 1. The van der Waals surface area contributed by atoms with Gasteiger partial charge in [0.1, 0.15) is 11.5 Å². The van der Waals surface area contributed by atoms with E-state index in [4.69, 9.17) is 16.6 Å². The van der Waals surface area contributed by atoms with Gasteiger partial charge < -0.3 is 14.8 Å². The van der Waals surface area contributed by atoms with Crippen LogP contribution in [0.4, 0.5) is 5.69 Å². The number of rotatable bonds is 4. The molecule has 0 saturated carbocycles. The van der Waals surface area contributed by atoms with Crippen molar-refractivity contribution in [1.82, 2.24) is 5.32 Å². The van der Waals surface area contributed by atoms with Crippen LogP contribution in [0, 0.1) is 0 Å². The van der Waals surface area contributed by atoms with E-state index in [0.29, 0.717) is 11.4 Å². The highest BCUT2D eigenvalue weighted by molar-refractivity contribution is 7.80. The Bertz CT molecular complexity index is 693. The lowest BCUT2D eigenvalue weighted by Gasteiger charge is -2.11. The van der Waals surface area contributed by atoms with E-state index in [0.717, 1.165) is 12.0 Å². The van der Waals surface area contributed by atoms with Gasteiger partial charge in [0, 0.05) is 6.08 Å². The van der Waals surface area contributed by atoms with Gasteiger partial charge in [0.15, 0.2) is 5.11 Å². The SMILES string of the molecule is CCc1ccc(O)c(NC(=S)NC(=O)C=Cc2ccco2)c1. The van der Waals surface area contributed by atoms with Crippen LogP contribution in [0.2, 0.25) is 0 Å². The quantitative estimate of drug-likeness (QED) is 0.459. The first-order valence-electron chi connectivity index (χ1n) is 6.74. The average Bonchev–Trinajstić information content (AvgIpc) is 3.00. The molecule has 22 heavy (non-hydrogen) atoms. The number of aryl methyl sites for hydroxylation is 1. The van der Waals surface area contributed by atoms with Gasteiger partial charge in [-0.3, -0.25) is 10.1 Å². The molecule has 1 heterocycles.